The van der Waals surface area contributed by atoms with Crippen LogP contribution < -0.4 is 9.47 Å². The number of ether oxygens (including phenoxy) is 2. The van der Waals surface area contributed by atoms with Crippen LogP contribution in [0.2, 0.25) is 5.02 Å². The van der Waals surface area contributed by atoms with Crippen LogP contribution in [0.15, 0.2) is 41.3 Å². The molecule has 0 radical (unpaired) electrons. The molecule has 2 amide bonds. The van der Waals surface area contributed by atoms with Crippen molar-refractivity contribution in [2.75, 3.05) is 13.2 Å². The number of carbonyl (C=O) groups excluding carboxylic acids is 2. The molecule has 7 heteroatoms. The first kappa shape index (κ1) is 21.3. The normalized spacial score (nSPS) is 15.3. The van der Waals surface area contributed by atoms with Crippen LogP contribution in [0.3, 0.4) is 0 Å². The highest BCUT2D eigenvalue weighted by Crippen LogP contribution is 2.39. The first-order valence-electron chi connectivity index (χ1n) is 9.33. The molecule has 0 unspecified atom stereocenters. The molecule has 3 rings (SSSR count). The molecule has 1 aliphatic heterocycles. The lowest BCUT2D eigenvalue weighted by Gasteiger charge is -2.15. The van der Waals surface area contributed by atoms with E-state index in [9.17, 15) is 9.59 Å². The summed E-state index contributed by atoms with van der Waals surface area (Å²) in [6, 6.07) is 11.5. The fourth-order valence-corrected chi connectivity index (χ4v) is 4.01. The maximum absolute atomic E-state index is 12.3. The van der Waals surface area contributed by atoms with Crippen molar-refractivity contribution in [3.05, 3.63) is 63.0 Å². The standard InChI is InChI=1S/C22H22ClNO4S/c1-4-24-21(25)19(29-22(24)26)12-16-10-17(23)20(18(11-16)27-5-2)28-13-15-8-6-14(3)7-9-15/h6-12H,4-5,13H2,1-3H3/b19-12+. The zero-order valence-electron chi connectivity index (χ0n) is 16.5. The van der Waals surface area contributed by atoms with Gasteiger partial charge >= 0.3 is 0 Å². The molecule has 29 heavy (non-hydrogen) atoms. The molecule has 0 saturated carbocycles. The number of imide groups is 1. The predicted molar refractivity (Wildman–Crippen MR) is 116 cm³/mol. The van der Waals surface area contributed by atoms with Crippen LogP contribution in [0.25, 0.3) is 6.08 Å². The quantitative estimate of drug-likeness (QED) is 0.527. The number of rotatable bonds is 7. The minimum absolute atomic E-state index is 0.266. The lowest BCUT2D eigenvalue weighted by atomic mass is 10.1. The van der Waals surface area contributed by atoms with Gasteiger partial charge in [0, 0.05) is 6.54 Å². The molecule has 1 heterocycles. The van der Waals surface area contributed by atoms with Crippen LogP contribution in [0.4, 0.5) is 4.79 Å². The van der Waals surface area contributed by atoms with Crippen molar-refractivity contribution in [3.63, 3.8) is 0 Å². The van der Waals surface area contributed by atoms with Crippen molar-refractivity contribution in [1.82, 2.24) is 4.90 Å². The van der Waals surface area contributed by atoms with E-state index in [1.54, 1.807) is 25.1 Å². The smallest absolute Gasteiger partial charge is 0.293 e. The Bertz CT molecular complexity index is 956. The molecule has 0 bridgehead atoms. The number of likely N-dealkylation sites (N-methyl/N-ethyl adjacent to an activating group) is 1. The maximum Gasteiger partial charge on any atom is 0.293 e. The third-order valence-corrected chi connectivity index (χ3v) is 5.51. The summed E-state index contributed by atoms with van der Waals surface area (Å²) in [4.78, 5) is 25.8. The van der Waals surface area contributed by atoms with Crippen molar-refractivity contribution >= 4 is 40.6 Å². The third kappa shape index (κ3) is 4.95. The van der Waals surface area contributed by atoms with Gasteiger partial charge in [0.1, 0.15) is 6.61 Å². The molecular weight excluding hydrogens is 410 g/mol. The van der Waals surface area contributed by atoms with Gasteiger partial charge in [0.2, 0.25) is 0 Å². The van der Waals surface area contributed by atoms with E-state index < -0.39 is 0 Å². The van der Waals surface area contributed by atoms with E-state index in [0.29, 0.717) is 46.7 Å². The van der Waals surface area contributed by atoms with Crippen LogP contribution in [-0.2, 0) is 11.4 Å². The van der Waals surface area contributed by atoms with Crippen LogP contribution in [0.5, 0.6) is 11.5 Å². The average molecular weight is 432 g/mol. The highest BCUT2D eigenvalue weighted by Gasteiger charge is 2.33. The van der Waals surface area contributed by atoms with Gasteiger partial charge in [0.05, 0.1) is 16.5 Å². The topological polar surface area (TPSA) is 55.8 Å². The second-order valence-corrected chi connectivity index (χ2v) is 7.86. The summed E-state index contributed by atoms with van der Waals surface area (Å²) in [5, 5.41) is 0.113. The van der Waals surface area contributed by atoms with Crippen molar-refractivity contribution in [2.24, 2.45) is 0 Å². The van der Waals surface area contributed by atoms with E-state index in [4.69, 9.17) is 21.1 Å². The highest BCUT2D eigenvalue weighted by atomic mass is 35.5. The van der Waals surface area contributed by atoms with Crippen LogP contribution in [0.1, 0.15) is 30.5 Å². The zero-order valence-corrected chi connectivity index (χ0v) is 18.1. The number of hydrogen-bond donors (Lipinski definition) is 0. The van der Waals surface area contributed by atoms with E-state index in [0.717, 1.165) is 17.3 Å². The van der Waals surface area contributed by atoms with Gasteiger partial charge in [-0.3, -0.25) is 14.5 Å². The fraction of sp³-hybridized carbons (Fsp3) is 0.273. The van der Waals surface area contributed by atoms with Gasteiger partial charge < -0.3 is 9.47 Å². The molecule has 2 aromatic carbocycles. The number of nitrogens with zero attached hydrogens (tertiary/aromatic N) is 1. The van der Waals surface area contributed by atoms with Gasteiger partial charge in [-0.2, -0.15) is 0 Å². The summed E-state index contributed by atoms with van der Waals surface area (Å²) in [6.45, 7) is 6.81. The molecule has 0 spiro atoms. The zero-order chi connectivity index (χ0) is 21.0. The number of amides is 2. The number of halogens is 1. The minimum Gasteiger partial charge on any atom is -0.490 e. The molecule has 0 N–H and O–H groups in total. The Balaban J connectivity index is 1.86. The molecule has 2 aromatic rings. The molecule has 1 fully saturated rings. The van der Waals surface area contributed by atoms with E-state index in [1.165, 1.54) is 10.5 Å². The van der Waals surface area contributed by atoms with E-state index >= 15 is 0 Å². The number of benzene rings is 2. The summed E-state index contributed by atoms with van der Waals surface area (Å²) in [6.07, 6.45) is 1.65. The maximum atomic E-state index is 12.3. The summed E-state index contributed by atoms with van der Waals surface area (Å²) in [5.74, 6) is 0.650. The lowest BCUT2D eigenvalue weighted by molar-refractivity contribution is -0.122. The Hall–Kier alpha value is -2.44. The summed E-state index contributed by atoms with van der Waals surface area (Å²) < 4.78 is 11.6. The molecule has 1 aliphatic rings. The van der Waals surface area contributed by atoms with Gasteiger partial charge in [-0.05, 0) is 61.9 Å². The molecule has 1 saturated heterocycles. The first-order valence-corrected chi connectivity index (χ1v) is 10.5. The summed E-state index contributed by atoms with van der Waals surface area (Å²) >= 11 is 7.39. The molecule has 0 atom stereocenters. The SMILES string of the molecule is CCOc1cc(/C=C2/SC(=O)N(CC)C2=O)cc(Cl)c1OCc1ccc(C)cc1. The van der Waals surface area contributed by atoms with Gasteiger partial charge in [0.25, 0.3) is 11.1 Å². The minimum atomic E-state index is -0.295. The Kier molecular flexibility index (Phi) is 6.87. The van der Waals surface area contributed by atoms with Crippen molar-refractivity contribution in [3.8, 4) is 11.5 Å². The molecular formula is C22H22ClNO4S. The Morgan fingerprint density at radius 3 is 2.45 bits per heavy atom. The molecule has 0 aromatic heterocycles. The van der Waals surface area contributed by atoms with Gasteiger partial charge in [-0.15, -0.1) is 0 Å². The van der Waals surface area contributed by atoms with E-state index in [-0.39, 0.29) is 11.1 Å². The highest BCUT2D eigenvalue weighted by molar-refractivity contribution is 8.18. The van der Waals surface area contributed by atoms with Crippen molar-refractivity contribution in [1.29, 1.82) is 0 Å². The lowest BCUT2D eigenvalue weighted by Crippen LogP contribution is -2.27. The second kappa shape index (κ2) is 9.37. The third-order valence-electron chi connectivity index (χ3n) is 4.32. The monoisotopic (exact) mass is 431 g/mol. The van der Waals surface area contributed by atoms with Crippen LogP contribution >= 0.6 is 23.4 Å². The van der Waals surface area contributed by atoms with Crippen LogP contribution in [0, 0.1) is 6.92 Å². The van der Waals surface area contributed by atoms with Gasteiger partial charge in [-0.1, -0.05) is 41.4 Å². The number of hydrogen-bond acceptors (Lipinski definition) is 5. The Morgan fingerprint density at radius 2 is 1.83 bits per heavy atom. The average Bonchev–Trinajstić information content (AvgIpc) is 2.95. The van der Waals surface area contributed by atoms with Gasteiger partial charge in [0.15, 0.2) is 11.5 Å². The Morgan fingerprint density at radius 1 is 1.10 bits per heavy atom. The summed E-state index contributed by atoms with van der Waals surface area (Å²) in [5.41, 5.74) is 2.87. The number of thioether (sulfide) groups is 1. The van der Waals surface area contributed by atoms with Crippen molar-refractivity contribution < 1.29 is 19.1 Å². The van der Waals surface area contributed by atoms with E-state index in [1.807, 2.05) is 38.1 Å². The van der Waals surface area contributed by atoms with Crippen LogP contribution in [-0.4, -0.2) is 29.2 Å². The number of carbonyl (C=O) groups is 2. The van der Waals surface area contributed by atoms with Gasteiger partial charge in [-0.25, -0.2) is 0 Å². The second-order valence-electron chi connectivity index (χ2n) is 6.46. The largest absolute Gasteiger partial charge is 0.490 e. The molecule has 5 nitrogen and oxygen atoms in total. The number of aryl methyl sites for hydroxylation is 1. The molecule has 0 aliphatic carbocycles. The van der Waals surface area contributed by atoms with Crippen molar-refractivity contribution in [2.45, 2.75) is 27.4 Å². The van der Waals surface area contributed by atoms with E-state index in [2.05, 4.69) is 0 Å². The Labute approximate surface area is 179 Å². The predicted octanol–water partition coefficient (Wildman–Crippen LogP) is 5.68. The molecule has 152 valence electrons. The first-order chi connectivity index (χ1) is 13.9. The summed E-state index contributed by atoms with van der Waals surface area (Å²) in [7, 11) is 0. The fourth-order valence-electron chi connectivity index (χ4n) is 2.84.